The van der Waals surface area contributed by atoms with Gasteiger partial charge in [-0.15, -0.1) is 11.3 Å². The third-order valence-electron chi connectivity index (χ3n) is 4.82. The number of amides is 1. The summed E-state index contributed by atoms with van der Waals surface area (Å²) in [6, 6.07) is 17.4. The van der Waals surface area contributed by atoms with E-state index in [1.165, 1.54) is 0 Å². The first kappa shape index (κ1) is 16.9. The molecular formula is C22H17N3O2S. The largest absolute Gasteiger partial charge is 0.493 e. The summed E-state index contributed by atoms with van der Waals surface area (Å²) >= 11 is 1.60. The minimum Gasteiger partial charge on any atom is -0.493 e. The van der Waals surface area contributed by atoms with Crippen molar-refractivity contribution < 1.29 is 9.53 Å². The highest BCUT2D eigenvalue weighted by atomic mass is 32.1. The van der Waals surface area contributed by atoms with Crippen molar-refractivity contribution in [1.29, 1.82) is 0 Å². The molecule has 1 aliphatic rings. The number of pyridine rings is 1. The van der Waals surface area contributed by atoms with E-state index in [1.54, 1.807) is 23.7 Å². The molecule has 1 unspecified atom stereocenters. The van der Waals surface area contributed by atoms with Gasteiger partial charge in [-0.1, -0.05) is 18.2 Å². The number of thiazole rings is 1. The van der Waals surface area contributed by atoms with E-state index in [1.807, 2.05) is 54.6 Å². The second kappa shape index (κ2) is 7.05. The molecule has 28 heavy (non-hydrogen) atoms. The van der Waals surface area contributed by atoms with E-state index < -0.39 is 0 Å². The van der Waals surface area contributed by atoms with Crippen molar-refractivity contribution >= 4 is 27.5 Å². The molecule has 1 amide bonds. The number of benzene rings is 2. The van der Waals surface area contributed by atoms with Crippen LogP contribution in [0.2, 0.25) is 0 Å². The molecular weight excluding hydrogens is 370 g/mol. The van der Waals surface area contributed by atoms with Gasteiger partial charge < -0.3 is 10.1 Å². The summed E-state index contributed by atoms with van der Waals surface area (Å²) in [7, 11) is 0. The molecule has 2 aromatic carbocycles. The first-order chi connectivity index (χ1) is 13.8. The molecule has 1 N–H and O–H groups in total. The number of hydrogen-bond acceptors (Lipinski definition) is 5. The van der Waals surface area contributed by atoms with Gasteiger partial charge in [-0.25, -0.2) is 4.98 Å². The fourth-order valence-electron chi connectivity index (χ4n) is 3.41. The van der Waals surface area contributed by atoms with Crippen LogP contribution < -0.4 is 10.1 Å². The number of aromatic nitrogens is 2. The van der Waals surface area contributed by atoms with Gasteiger partial charge in [0.2, 0.25) is 0 Å². The second-order valence-corrected chi connectivity index (χ2v) is 7.67. The summed E-state index contributed by atoms with van der Waals surface area (Å²) in [4.78, 5) is 21.7. The third kappa shape index (κ3) is 3.12. The Hall–Kier alpha value is -3.25. The van der Waals surface area contributed by atoms with Crippen LogP contribution in [-0.4, -0.2) is 22.5 Å². The second-order valence-electron chi connectivity index (χ2n) is 6.64. The average Bonchev–Trinajstić information content (AvgIpc) is 3.18. The summed E-state index contributed by atoms with van der Waals surface area (Å²) in [5.41, 5.74) is 3.44. The predicted octanol–water partition coefficient (Wildman–Crippen LogP) is 4.61. The fourth-order valence-corrected chi connectivity index (χ4v) is 4.35. The van der Waals surface area contributed by atoms with Crippen molar-refractivity contribution in [3.05, 3.63) is 78.1 Å². The Morgan fingerprint density at radius 1 is 1.14 bits per heavy atom. The number of hydrogen-bond donors (Lipinski definition) is 1. The highest BCUT2D eigenvalue weighted by molar-refractivity contribution is 7.21. The highest BCUT2D eigenvalue weighted by Crippen LogP contribution is 2.33. The standard InChI is InChI=1S/C22H17N3O2S/c26-21(24-17-9-11-27-19-6-2-1-5-16(17)19)14-7-8-20-18(12-14)25-22(28-20)15-4-3-10-23-13-15/h1-8,10,12-13,17H,9,11H2,(H,24,26). The van der Waals surface area contributed by atoms with Crippen molar-refractivity contribution in [2.75, 3.05) is 6.61 Å². The zero-order valence-corrected chi connectivity index (χ0v) is 15.8. The van der Waals surface area contributed by atoms with Gasteiger partial charge in [0.25, 0.3) is 5.91 Å². The molecule has 6 heteroatoms. The molecule has 3 heterocycles. The Morgan fingerprint density at radius 2 is 2.07 bits per heavy atom. The summed E-state index contributed by atoms with van der Waals surface area (Å²) in [6.45, 7) is 0.599. The Morgan fingerprint density at radius 3 is 2.96 bits per heavy atom. The smallest absolute Gasteiger partial charge is 0.251 e. The van der Waals surface area contributed by atoms with Crippen molar-refractivity contribution in [3.63, 3.8) is 0 Å². The van der Waals surface area contributed by atoms with Crippen molar-refractivity contribution in [3.8, 4) is 16.3 Å². The van der Waals surface area contributed by atoms with Crippen molar-refractivity contribution in [2.45, 2.75) is 12.5 Å². The maximum atomic E-state index is 12.9. The van der Waals surface area contributed by atoms with Crippen LogP contribution in [-0.2, 0) is 0 Å². The SMILES string of the molecule is O=C(NC1CCOc2ccccc21)c1ccc2sc(-c3cccnc3)nc2c1. The van der Waals surface area contributed by atoms with Crippen LogP contribution in [0.1, 0.15) is 28.4 Å². The molecule has 0 spiro atoms. The van der Waals surface area contributed by atoms with Crippen LogP contribution in [0.4, 0.5) is 0 Å². The molecule has 0 fully saturated rings. The van der Waals surface area contributed by atoms with Crippen LogP contribution >= 0.6 is 11.3 Å². The third-order valence-corrected chi connectivity index (χ3v) is 5.91. The van der Waals surface area contributed by atoms with E-state index in [4.69, 9.17) is 4.74 Å². The van der Waals surface area contributed by atoms with Crippen molar-refractivity contribution in [1.82, 2.24) is 15.3 Å². The van der Waals surface area contributed by atoms with Crippen molar-refractivity contribution in [2.24, 2.45) is 0 Å². The number of carbonyl (C=O) groups excluding carboxylic acids is 1. The maximum Gasteiger partial charge on any atom is 0.251 e. The molecule has 138 valence electrons. The topological polar surface area (TPSA) is 64.1 Å². The van der Waals surface area contributed by atoms with Gasteiger partial charge >= 0.3 is 0 Å². The molecule has 0 saturated heterocycles. The zero-order valence-electron chi connectivity index (χ0n) is 15.0. The predicted molar refractivity (Wildman–Crippen MR) is 110 cm³/mol. The monoisotopic (exact) mass is 387 g/mol. The van der Waals surface area contributed by atoms with E-state index >= 15 is 0 Å². The van der Waals surface area contributed by atoms with Crippen LogP contribution in [0.5, 0.6) is 5.75 Å². The number of fused-ring (bicyclic) bond motifs is 2. The van der Waals surface area contributed by atoms with E-state index in [-0.39, 0.29) is 11.9 Å². The number of nitrogens with one attached hydrogen (secondary N) is 1. The van der Waals surface area contributed by atoms with E-state index in [0.717, 1.165) is 38.5 Å². The molecule has 0 bridgehead atoms. The Balaban J connectivity index is 1.41. The zero-order chi connectivity index (χ0) is 18.9. The van der Waals surface area contributed by atoms with Gasteiger partial charge in [-0.3, -0.25) is 9.78 Å². The Labute approximate surface area is 166 Å². The van der Waals surface area contributed by atoms with E-state index in [0.29, 0.717) is 12.2 Å². The lowest BCUT2D eigenvalue weighted by Gasteiger charge is -2.26. The minimum atomic E-state index is -0.0977. The highest BCUT2D eigenvalue weighted by Gasteiger charge is 2.23. The van der Waals surface area contributed by atoms with Crippen LogP contribution in [0, 0.1) is 0 Å². The van der Waals surface area contributed by atoms with Crippen LogP contribution in [0.25, 0.3) is 20.8 Å². The molecule has 5 nitrogen and oxygen atoms in total. The van der Waals surface area contributed by atoms with Gasteiger partial charge in [0.05, 0.1) is 22.9 Å². The quantitative estimate of drug-likeness (QED) is 0.557. The summed E-state index contributed by atoms with van der Waals surface area (Å²) in [5.74, 6) is 0.745. The normalized spacial score (nSPS) is 15.6. The minimum absolute atomic E-state index is 0.0467. The van der Waals surface area contributed by atoms with Gasteiger partial charge in [-0.2, -0.15) is 0 Å². The number of ether oxygens (including phenoxy) is 1. The first-order valence-electron chi connectivity index (χ1n) is 9.11. The summed E-state index contributed by atoms with van der Waals surface area (Å²) in [5, 5.41) is 4.04. The Bertz CT molecular complexity index is 1160. The number of para-hydroxylation sites is 1. The average molecular weight is 387 g/mol. The molecule has 5 rings (SSSR count). The van der Waals surface area contributed by atoms with E-state index in [2.05, 4.69) is 15.3 Å². The first-order valence-corrected chi connectivity index (χ1v) is 9.93. The molecule has 0 saturated carbocycles. The molecule has 1 aliphatic heterocycles. The molecule has 1 atom stereocenters. The van der Waals surface area contributed by atoms with Gasteiger partial charge in [0.15, 0.2) is 0 Å². The number of nitrogens with zero attached hydrogens (tertiary/aromatic N) is 2. The number of rotatable bonds is 3. The fraction of sp³-hybridized carbons (Fsp3) is 0.136. The maximum absolute atomic E-state index is 12.9. The lowest BCUT2D eigenvalue weighted by atomic mass is 10.00. The molecule has 0 radical (unpaired) electrons. The van der Waals surface area contributed by atoms with E-state index in [9.17, 15) is 4.79 Å². The summed E-state index contributed by atoms with van der Waals surface area (Å²) in [6.07, 6.45) is 4.30. The lowest BCUT2D eigenvalue weighted by Crippen LogP contribution is -2.32. The molecule has 0 aliphatic carbocycles. The number of carbonyl (C=O) groups is 1. The molecule has 2 aromatic heterocycles. The van der Waals surface area contributed by atoms with Crippen LogP contribution in [0.3, 0.4) is 0 Å². The lowest BCUT2D eigenvalue weighted by molar-refractivity contribution is 0.0925. The molecule has 4 aromatic rings. The summed E-state index contributed by atoms with van der Waals surface area (Å²) < 4.78 is 6.73. The van der Waals surface area contributed by atoms with Crippen LogP contribution in [0.15, 0.2) is 67.0 Å². The Kier molecular flexibility index (Phi) is 4.25. The van der Waals surface area contributed by atoms with Gasteiger partial charge in [0, 0.05) is 35.5 Å². The van der Waals surface area contributed by atoms with Gasteiger partial charge in [0.1, 0.15) is 10.8 Å². The van der Waals surface area contributed by atoms with Gasteiger partial charge in [-0.05, 0) is 36.4 Å².